The van der Waals surface area contributed by atoms with Crippen molar-refractivity contribution in [2.24, 2.45) is 0 Å². The summed E-state index contributed by atoms with van der Waals surface area (Å²) >= 11 is 0. The molecule has 0 heterocycles. The van der Waals surface area contributed by atoms with E-state index in [0.29, 0.717) is 12.5 Å². The molecule has 124 valence electrons. The van der Waals surface area contributed by atoms with E-state index in [1.165, 1.54) is 5.56 Å². The topological polar surface area (TPSA) is 27.7 Å². The Morgan fingerprint density at radius 3 is 1.83 bits per heavy atom. The van der Waals surface area contributed by atoms with Gasteiger partial charge in [-0.15, -0.1) is 0 Å². The lowest BCUT2D eigenvalue weighted by Gasteiger charge is -2.14. The molecule has 0 bridgehead atoms. The molecule has 0 aromatic heterocycles. The fraction of sp³-hybridized carbons (Fsp3) is 0.400. The Morgan fingerprint density at radius 2 is 1.30 bits per heavy atom. The van der Waals surface area contributed by atoms with Gasteiger partial charge in [-0.25, -0.2) is 0 Å². The molecule has 3 heteroatoms. The van der Waals surface area contributed by atoms with Crippen molar-refractivity contribution >= 4 is 0 Å². The Morgan fingerprint density at radius 1 is 0.783 bits per heavy atom. The van der Waals surface area contributed by atoms with Crippen molar-refractivity contribution in [3.63, 3.8) is 0 Å². The van der Waals surface area contributed by atoms with Gasteiger partial charge in [0.2, 0.25) is 0 Å². The fourth-order valence-electron chi connectivity index (χ4n) is 2.28. The van der Waals surface area contributed by atoms with Gasteiger partial charge in [-0.3, -0.25) is 0 Å². The molecule has 0 N–H and O–H groups in total. The van der Waals surface area contributed by atoms with Crippen molar-refractivity contribution in [3.8, 4) is 17.2 Å². The van der Waals surface area contributed by atoms with E-state index in [1.807, 2.05) is 50.2 Å². The molecule has 0 fully saturated rings. The summed E-state index contributed by atoms with van der Waals surface area (Å²) in [5, 5.41) is 0. The molecular weight excluding hydrogens is 288 g/mol. The van der Waals surface area contributed by atoms with Gasteiger partial charge in [0.1, 0.15) is 17.2 Å². The van der Waals surface area contributed by atoms with Crippen molar-refractivity contribution in [1.29, 1.82) is 0 Å². The lowest BCUT2D eigenvalue weighted by molar-refractivity contribution is -0.0613. The number of rotatable bonds is 8. The van der Waals surface area contributed by atoms with Crippen LogP contribution in [0.1, 0.15) is 45.6 Å². The van der Waals surface area contributed by atoms with Gasteiger partial charge in [-0.05, 0) is 68.1 Å². The van der Waals surface area contributed by atoms with Gasteiger partial charge in [-0.1, -0.05) is 26.0 Å². The monoisotopic (exact) mass is 314 g/mol. The van der Waals surface area contributed by atoms with Gasteiger partial charge in [0.25, 0.3) is 0 Å². The van der Waals surface area contributed by atoms with Crippen LogP contribution in [0.25, 0.3) is 0 Å². The first-order valence-electron chi connectivity index (χ1n) is 8.28. The number of hydrogen-bond acceptors (Lipinski definition) is 3. The third-order valence-electron chi connectivity index (χ3n) is 3.82. The van der Waals surface area contributed by atoms with E-state index in [1.54, 1.807) is 0 Å². The fourth-order valence-corrected chi connectivity index (χ4v) is 2.28. The maximum absolute atomic E-state index is 5.87. The highest BCUT2D eigenvalue weighted by atomic mass is 16.7. The lowest BCUT2D eigenvalue weighted by Crippen LogP contribution is -2.15. The zero-order valence-electron chi connectivity index (χ0n) is 14.4. The quantitative estimate of drug-likeness (QED) is 0.580. The first-order valence-corrected chi connectivity index (χ1v) is 8.28. The number of ether oxygens (including phenoxy) is 3. The summed E-state index contributed by atoms with van der Waals surface area (Å²) in [7, 11) is 0. The van der Waals surface area contributed by atoms with E-state index >= 15 is 0 Å². The van der Waals surface area contributed by atoms with E-state index in [2.05, 4.69) is 26.0 Å². The SMILES string of the molecule is CCOC(C)Oc1ccc(Oc2ccc(C(C)CC)cc2)cc1. The molecule has 0 saturated heterocycles. The third kappa shape index (κ3) is 5.29. The van der Waals surface area contributed by atoms with Gasteiger partial charge < -0.3 is 14.2 Å². The number of benzene rings is 2. The first-order chi connectivity index (χ1) is 11.1. The molecule has 23 heavy (non-hydrogen) atoms. The zero-order chi connectivity index (χ0) is 16.7. The second-order valence-electron chi connectivity index (χ2n) is 5.59. The van der Waals surface area contributed by atoms with Crippen LogP contribution < -0.4 is 9.47 Å². The van der Waals surface area contributed by atoms with Crippen LogP contribution >= 0.6 is 0 Å². The van der Waals surface area contributed by atoms with E-state index in [0.717, 1.165) is 23.7 Å². The van der Waals surface area contributed by atoms with Crippen LogP contribution in [0.5, 0.6) is 17.2 Å². The highest BCUT2D eigenvalue weighted by molar-refractivity contribution is 5.36. The molecular formula is C20H26O3. The summed E-state index contributed by atoms with van der Waals surface area (Å²) in [6, 6.07) is 15.9. The van der Waals surface area contributed by atoms with Crippen molar-refractivity contribution in [2.75, 3.05) is 6.61 Å². The summed E-state index contributed by atoms with van der Waals surface area (Å²) in [5.74, 6) is 2.98. The molecule has 0 aliphatic rings. The molecule has 0 amide bonds. The van der Waals surface area contributed by atoms with Crippen molar-refractivity contribution < 1.29 is 14.2 Å². The van der Waals surface area contributed by atoms with Gasteiger partial charge in [0.15, 0.2) is 6.29 Å². The van der Waals surface area contributed by atoms with Crippen molar-refractivity contribution in [2.45, 2.75) is 46.3 Å². The van der Waals surface area contributed by atoms with Gasteiger partial charge in [0.05, 0.1) is 0 Å². The molecule has 2 aromatic carbocycles. The van der Waals surface area contributed by atoms with Gasteiger partial charge >= 0.3 is 0 Å². The minimum absolute atomic E-state index is 0.250. The average molecular weight is 314 g/mol. The standard InChI is InChI=1S/C20H26O3/c1-5-15(3)17-7-9-19(10-8-17)23-20-13-11-18(12-14-20)22-16(4)21-6-2/h7-16H,5-6H2,1-4H3. The Bertz CT molecular complexity index is 575. The maximum atomic E-state index is 5.87. The van der Waals surface area contributed by atoms with Crippen LogP contribution in [0.3, 0.4) is 0 Å². The van der Waals surface area contributed by atoms with E-state index < -0.39 is 0 Å². The van der Waals surface area contributed by atoms with Crippen LogP contribution in [-0.4, -0.2) is 12.9 Å². The minimum Gasteiger partial charge on any atom is -0.465 e. The van der Waals surface area contributed by atoms with Gasteiger partial charge in [-0.2, -0.15) is 0 Å². The largest absolute Gasteiger partial charge is 0.465 e. The Hall–Kier alpha value is -2.00. The molecule has 2 atom stereocenters. The summed E-state index contributed by atoms with van der Waals surface area (Å²) in [4.78, 5) is 0. The van der Waals surface area contributed by atoms with Gasteiger partial charge in [0, 0.05) is 6.61 Å². The third-order valence-corrected chi connectivity index (χ3v) is 3.82. The first kappa shape index (κ1) is 17.4. The molecule has 0 radical (unpaired) electrons. The molecule has 2 unspecified atom stereocenters. The van der Waals surface area contributed by atoms with Crippen LogP contribution in [0.2, 0.25) is 0 Å². The van der Waals surface area contributed by atoms with Crippen LogP contribution in [0, 0.1) is 0 Å². The van der Waals surface area contributed by atoms with E-state index in [9.17, 15) is 0 Å². The molecule has 2 aromatic rings. The zero-order valence-corrected chi connectivity index (χ0v) is 14.4. The lowest BCUT2D eigenvalue weighted by atomic mass is 9.99. The normalized spacial score (nSPS) is 13.4. The highest BCUT2D eigenvalue weighted by Crippen LogP contribution is 2.26. The minimum atomic E-state index is -0.250. The summed E-state index contributed by atoms with van der Waals surface area (Å²) in [6.07, 6.45) is 0.891. The maximum Gasteiger partial charge on any atom is 0.196 e. The van der Waals surface area contributed by atoms with Crippen LogP contribution in [-0.2, 0) is 4.74 Å². The summed E-state index contributed by atoms with van der Waals surface area (Å²) in [6.45, 7) is 8.90. The smallest absolute Gasteiger partial charge is 0.196 e. The predicted octanol–water partition coefficient (Wildman–Crippen LogP) is 5.75. The predicted molar refractivity (Wildman–Crippen MR) is 93.4 cm³/mol. The Balaban J connectivity index is 1.95. The summed E-state index contributed by atoms with van der Waals surface area (Å²) in [5.41, 5.74) is 1.34. The van der Waals surface area contributed by atoms with E-state index in [4.69, 9.17) is 14.2 Å². The number of hydrogen-bond donors (Lipinski definition) is 0. The highest BCUT2D eigenvalue weighted by Gasteiger charge is 2.05. The molecule has 0 aliphatic carbocycles. The van der Waals surface area contributed by atoms with Crippen molar-refractivity contribution in [1.82, 2.24) is 0 Å². The van der Waals surface area contributed by atoms with Crippen LogP contribution in [0.4, 0.5) is 0 Å². The second-order valence-corrected chi connectivity index (χ2v) is 5.59. The molecule has 3 nitrogen and oxygen atoms in total. The molecule has 2 rings (SSSR count). The Kier molecular flexibility index (Phi) is 6.48. The second kappa shape index (κ2) is 8.59. The molecule has 0 spiro atoms. The van der Waals surface area contributed by atoms with Crippen LogP contribution in [0.15, 0.2) is 48.5 Å². The Labute approximate surface area is 139 Å². The summed E-state index contributed by atoms with van der Waals surface area (Å²) < 4.78 is 16.9. The van der Waals surface area contributed by atoms with E-state index in [-0.39, 0.29) is 6.29 Å². The van der Waals surface area contributed by atoms with Crippen molar-refractivity contribution in [3.05, 3.63) is 54.1 Å². The molecule has 0 aliphatic heterocycles. The molecule has 0 saturated carbocycles. The average Bonchev–Trinajstić information content (AvgIpc) is 2.57.